The smallest absolute Gasteiger partial charge is 0.246 e. The van der Waals surface area contributed by atoms with Crippen LogP contribution < -0.4 is 5.32 Å². The van der Waals surface area contributed by atoms with Crippen molar-refractivity contribution in [2.45, 2.75) is 0 Å². The van der Waals surface area contributed by atoms with Crippen LogP contribution in [0.1, 0.15) is 21.0 Å². The molecular weight excluding hydrogens is 351 g/mol. The van der Waals surface area contributed by atoms with E-state index in [1.54, 1.807) is 0 Å². The lowest BCUT2D eigenvalue weighted by atomic mass is 10.0. The minimum Gasteiger partial charge on any atom is -0.432 e. The summed E-state index contributed by atoms with van der Waals surface area (Å²) in [4.78, 5) is 30.3. The maximum atomic E-state index is 13.4. The van der Waals surface area contributed by atoms with Crippen LogP contribution in [0, 0.1) is 17.5 Å². The number of nitrogens with zero attached hydrogens (tertiary/aromatic N) is 2. The lowest BCUT2D eigenvalue weighted by molar-refractivity contribution is 0.0956. The molecule has 136 valence electrons. The Morgan fingerprint density at radius 3 is 2.42 bits per heavy atom. The predicted molar refractivity (Wildman–Crippen MR) is 85.1 cm³/mol. The van der Waals surface area contributed by atoms with Crippen molar-refractivity contribution >= 4 is 11.6 Å². The zero-order chi connectivity index (χ0) is 19.0. The molecule has 1 N–H and O–H groups in total. The number of Topliss-reactive ketones (excluding diaryl/α,β-unsaturated/α-hetero) is 1. The Balaban J connectivity index is 1.91. The van der Waals surface area contributed by atoms with Gasteiger partial charge in [0.05, 0.1) is 5.70 Å². The molecule has 1 aliphatic carbocycles. The molecule has 1 aromatic carbocycles. The average Bonchev–Trinajstić information content (AvgIpc) is 3.02. The number of carbonyl (C=O) groups excluding carboxylic acids is 2. The number of fused-ring (bicyclic) bond motifs is 1. The van der Waals surface area contributed by atoms with Crippen LogP contribution in [0.2, 0.25) is 0 Å². The fourth-order valence-electron chi connectivity index (χ4n) is 2.38. The Bertz CT molecular complexity index is 912. The van der Waals surface area contributed by atoms with Crippen LogP contribution in [0.5, 0.6) is 0 Å². The zero-order valence-electron chi connectivity index (χ0n) is 13.9. The molecule has 2 aromatic rings. The number of ketones is 2. The summed E-state index contributed by atoms with van der Waals surface area (Å²) in [5, 5.41) is 2.84. The maximum Gasteiger partial charge on any atom is 0.246 e. The van der Waals surface area contributed by atoms with Crippen molar-refractivity contribution in [2.24, 2.45) is 0 Å². The lowest BCUT2D eigenvalue weighted by Gasteiger charge is -2.14. The Labute approximate surface area is 146 Å². The minimum absolute atomic E-state index is 0.0449. The molecule has 0 bridgehead atoms. The molecule has 0 amide bonds. The third kappa shape index (κ3) is 3.25. The number of oxazole rings is 1. The van der Waals surface area contributed by atoms with Gasteiger partial charge in [-0.2, -0.15) is 0 Å². The summed E-state index contributed by atoms with van der Waals surface area (Å²) >= 11 is 0. The van der Waals surface area contributed by atoms with Gasteiger partial charge in [0.15, 0.2) is 23.1 Å². The number of carbonyl (C=O) groups is 2. The number of hydrogen-bond donors (Lipinski definition) is 1. The summed E-state index contributed by atoms with van der Waals surface area (Å²) in [5.41, 5.74) is -0.435. The standard InChI is InChI=1S/C17H14F3N3O3/c1-23(2)4-3-21-11-7-12(24)14-16(15(11)25)26-17(22-14)8-5-9(18)13(20)10(19)6-8/h5-7,21H,3-4H2,1-2H3. The van der Waals surface area contributed by atoms with Crippen LogP contribution in [-0.2, 0) is 0 Å². The van der Waals surface area contributed by atoms with Gasteiger partial charge < -0.3 is 14.6 Å². The van der Waals surface area contributed by atoms with Crippen LogP contribution in [0.4, 0.5) is 13.2 Å². The number of likely N-dealkylation sites (N-methyl/N-ethyl adjacent to an activating group) is 1. The molecule has 1 heterocycles. The van der Waals surface area contributed by atoms with Gasteiger partial charge in [-0.05, 0) is 26.2 Å². The third-order valence-electron chi connectivity index (χ3n) is 3.69. The summed E-state index contributed by atoms with van der Waals surface area (Å²) in [6, 6.07) is 1.35. The van der Waals surface area contributed by atoms with Crippen molar-refractivity contribution in [1.29, 1.82) is 0 Å². The highest BCUT2D eigenvalue weighted by molar-refractivity contribution is 6.22. The van der Waals surface area contributed by atoms with E-state index in [-0.39, 0.29) is 28.6 Å². The highest BCUT2D eigenvalue weighted by atomic mass is 19.2. The fraction of sp³-hybridized carbons (Fsp3) is 0.235. The number of rotatable bonds is 5. The zero-order valence-corrected chi connectivity index (χ0v) is 13.9. The number of halogens is 3. The van der Waals surface area contributed by atoms with Crippen LogP contribution >= 0.6 is 0 Å². The molecule has 0 radical (unpaired) electrons. The van der Waals surface area contributed by atoms with E-state index in [9.17, 15) is 22.8 Å². The Morgan fingerprint density at radius 1 is 1.15 bits per heavy atom. The van der Waals surface area contributed by atoms with Gasteiger partial charge in [-0.1, -0.05) is 0 Å². The van der Waals surface area contributed by atoms with Gasteiger partial charge in [-0.25, -0.2) is 18.2 Å². The molecule has 0 saturated carbocycles. The first-order valence-corrected chi connectivity index (χ1v) is 7.63. The van der Waals surface area contributed by atoms with Crippen LogP contribution in [0.3, 0.4) is 0 Å². The molecule has 1 aromatic heterocycles. The van der Waals surface area contributed by atoms with Gasteiger partial charge in [-0.3, -0.25) is 9.59 Å². The summed E-state index contributed by atoms with van der Waals surface area (Å²) in [7, 11) is 3.71. The molecule has 0 fully saturated rings. The SMILES string of the molecule is CN(C)CCNC1=CC(=O)c2nc(-c3cc(F)c(F)c(F)c3)oc2C1=O. The Morgan fingerprint density at radius 2 is 1.81 bits per heavy atom. The van der Waals surface area contributed by atoms with E-state index >= 15 is 0 Å². The normalized spacial score (nSPS) is 13.8. The number of allylic oxidation sites excluding steroid dienone is 2. The summed E-state index contributed by atoms with van der Waals surface area (Å²) < 4.78 is 45.1. The minimum atomic E-state index is -1.63. The van der Waals surface area contributed by atoms with E-state index in [1.807, 2.05) is 19.0 Å². The van der Waals surface area contributed by atoms with Crippen molar-refractivity contribution in [2.75, 3.05) is 27.2 Å². The first-order valence-electron chi connectivity index (χ1n) is 7.63. The first kappa shape index (κ1) is 17.9. The molecule has 26 heavy (non-hydrogen) atoms. The molecule has 0 unspecified atom stereocenters. The second-order valence-electron chi connectivity index (χ2n) is 5.93. The van der Waals surface area contributed by atoms with Crippen LogP contribution in [0.15, 0.2) is 28.3 Å². The molecule has 0 atom stereocenters. The van der Waals surface area contributed by atoms with Crippen molar-refractivity contribution in [3.8, 4) is 11.5 Å². The topological polar surface area (TPSA) is 75.4 Å². The third-order valence-corrected chi connectivity index (χ3v) is 3.69. The quantitative estimate of drug-likeness (QED) is 0.819. The first-order chi connectivity index (χ1) is 12.3. The molecule has 3 rings (SSSR count). The lowest BCUT2D eigenvalue weighted by Crippen LogP contribution is -2.31. The van der Waals surface area contributed by atoms with Crippen LogP contribution in [-0.4, -0.2) is 48.6 Å². The molecule has 9 heteroatoms. The second-order valence-corrected chi connectivity index (χ2v) is 5.93. The van der Waals surface area contributed by atoms with Crippen molar-refractivity contribution in [1.82, 2.24) is 15.2 Å². The van der Waals surface area contributed by atoms with E-state index in [2.05, 4.69) is 10.3 Å². The second kappa shape index (κ2) is 6.75. The summed E-state index contributed by atoms with van der Waals surface area (Å²) in [6.07, 6.45) is 1.10. The van der Waals surface area contributed by atoms with E-state index in [0.29, 0.717) is 25.2 Å². The van der Waals surface area contributed by atoms with E-state index in [1.165, 1.54) is 0 Å². The molecular formula is C17H14F3N3O3. The summed E-state index contributed by atoms with van der Waals surface area (Å²) in [5.74, 6) is -6.35. The summed E-state index contributed by atoms with van der Waals surface area (Å²) in [6.45, 7) is 1.05. The number of aromatic nitrogens is 1. The van der Waals surface area contributed by atoms with Crippen LogP contribution in [0.25, 0.3) is 11.5 Å². The van der Waals surface area contributed by atoms with Gasteiger partial charge in [-0.15, -0.1) is 0 Å². The molecule has 0 aliphatic heterocycles. The van der Waals surface area contributed by atoms with Gasteiger partial charge in [0.1, 0.15) is 0 Å². The molecule has 0 spiro atoms. The number of nitrogens with one attached hydrogen (secondary N) is 1. The van der Waals surface area contributed by atoms with E-state index in [4.69, 9.17) is 4.42 Å². The number of benzene rings is 1. The van der Waals surface area contributed by atoms with E-state index < -0.39 is 29.0 Å². The van der Waals surface area contributed by atoms with Gasteiger partial charge in [0.25, 0.3) is 0 Å². The van der Waals surface area contributed by atoms with Gasteiger partial charge in [0.2, 0.25) is 23.2 Å². The monoisotopic (exact) mass is 365 g/mol. The molecule has 6 nitrogen and oxygen atoms in total. The maximum absolute atomic E-state index is 13.4. The Kier molecular flexibility index (Phi) is 4.64. The highest BCUT2D eigenvalue weighted by Gasteiger charge is 2.32. The van der Waals surface area contributed by atoms with Crippen molar-refractivity contribution < 1.29 is 27.2 Å². The van der Waals surface area contributed by atoms with Gasteiger partial charge >= 0.3 is 0 Å². The average molecular weight is 365 g/mol. The molecule has 1 aliphatic rings. The van der Waals surface area contributed by atoms with E-state index in [0.717, 1.165) is 6.08 Å². The number of hydrogen-bond acceptors (Lipinski definition) is 6. The van der Waals surface area contributed by atoms with Crippen molar-refractivity contribution in [3.63, 3.8) is 0 Å². The fourth-order valence-corrected chi connectivity index (χ4v) is 2.38. The highest BCUT2D eigenvalue weighted by Crippen LogP contribution is 2.28. The molecule has 0 saturated heterocycles. The van der Waals surface area contributed by atoms with Crippen molar-refractivity contribution in [3.05, 3.63) is 52.8 Å². The largest absolute Gasteiger partial charge is 0.432 e. The Hall–Kier alpha value is -2.94. The predicted octanol–water partition coefficient (Wildman–Crippen LogP) is 2.17. The van der Waals surface area contributed by atoms with Gasteiger partial charge in [0, 0.05) is 24.7 Å².